The van der Waals surface area contributed by atoms with E-state index in [0.717, 1.165) is 21.9 Å². The molecule has 4 nitrogen and oxygen atoms in total. The molecule has 0 aliphatic rings. The summed E-state index contributed by atoms with van der Waals surface area (Å²) in [6.45, 7) is 0. The van der Waals surface area contributed by atoms with Crippen molar-refractivity contribution in [2.45, 2.75) is 11.5 Å². The molecule has 0 saturated heterocycles. The fraction of sp³-hybridized carbons (Fsp3) is 0.143. The fourth-order valence-electron chi connectivity index (χ4n) is 1.73. The molecule has 0 atom stereocenters. The van der Waals surface area contributed by atoms with Gasteiger partial charge in [0.2, 0.25) is 0 Å². The lowest BCUT2D eigenvalue weighted by Gasteiger charge is -2.05. The van der Waals surface area contributed by atoms with E-state index in [0.29, 0.717) is 5.75 Å². The second-order valence-corrected chi connectivity index (χ2v) is 5.63. The Labute approximate surface area is 126 Å². The fourth-order valence-corrected chi connectivity index (χ4v) is 3.00. The maximum atomic E-state index is 10.8. The number of nitro groups is 1. The lowest BCUT2D eigenvalue weighted by atomic mass is 10.2. The maximum Gasteiger partial charge on any atom is 0.292 e. The van der Waals surface area contributed by atoms with Gasteiger partial charge in [0.25, 0.3) is 5.69 Å². The van der Waals surface area contributed by atoms with Gasteiger partial charge in [0.15, 0.2) is 0 Å². The van der Waals surface area contributed by atoms with Crippen molar-refractivity contribution in [1.29, 1.82) is 0 Å². The first kappa shape index (κ1) is 14.7. The summed E-state index contributed by atoms with van der Waals surface area (Å²) in [5.74, 6) is 1.43. The van der Waals surface area contributed by atoms with Crippen molar-refractivity contribution in [3.8, 4) is 0 Å². The zero-order chi connectivity index (χ0) is 14.5. The summed E-state index contributed by atoms with van der Waals surface area (Å²) in [4.78, 5) is 10.4. The van der Waals surface area contributed by atoms with Crippen LogP contribution in [-0.2, 0) is 11.5 Å². The largest absolute Gasteiger partial charge is 0.393 e. The van der Waals surface area contributed by atoms with E-state index in [1.807, 2.05) is 30.3 Å². The second kappa shape index (κ2) is 6.63. The van der Waals surface area contributed by atoms with Crippen LogP contribution in [-0.4, -0.2) is 4.92 Å². The zero-order valence-electron chi connectivity index (χ0n) is 10.6. The Morgan fingerprint density at radius 1 is 1.20 bits per heavy atom. The van der Waals surface area contributed by atoms with Gasteiger partial charge >= 0.3 is 0 Å². The van der Waals surface area contributed by atoms with Gasteiger partial charge in [-0.2, -0.15) is 11.8 Å². The molecule has 2 rings (SSSR count). The van der Waals surface area contributed by atoms with Gasteiger partial charge in [-0.1, -0.05) is 35.9 Å². The van der Waals surface area contributed by atoms with Crippen molar-refractivity contribution in [3.63, 3.8) is 0 Å². The minimum absolute atomic E-state index is 0.0409. The monoisotopic (exact) mass is 308 g/mol. The summed E-state index contributed by atoms with van der Waals surface area (Å²) < 4.78 is 0. The Balaban J connectivity index is 2.00. The molecular formula is C14H13ClN2O2S. The summed E-state index contributed by atoms with van der Waals surface area (Å²) in [6.07, 6.45) is 0. The third-order valence-electron chi connectivity index (χ3n) is 2.78. The standard InChI is InChI=1S/C14H13ClN2O2S/c15-12-4-2-1-3-11(12)9-20-8-10-5-6-13(16)14(7-10)17(18)19/h1-7H,8-9,16H2. The van der Waals surface area contributed by atoms with E-state index in [-0.39, 0.29) is 11.4 Å². The van der Waals surface area contributed by atoms with E-state index >= 15 is 0 Å². The molecule has 0 bridgehead atoms. The predicted molar refractivity (Wildman–Crippen MR) is 84.0 cm³/mol. The minimum Gasteiger partial charge on any atom is -0.393 e. The Bertz CT molecular complexity index is 634. The summed E-state index contributed by atoms with van der Waals surface area (Å²) in [5, 5.41) is 11.6. The number of halogens is 1. The number of rotatable bonds is 5. The number of nitrogen functional groups attached to an aromatic ring is 1. The summed E-state index contributed by atoms with van der Waals surface area (Å²) in [5.41, 5.74) is 7.65. The van der Waals surface area contributed by atoms with Gasteiger partial charge in [-0.05, 0) is 23.3 Å². The number of hydrogen-bond donors (Lipinski definition) is 1. The number of hydrogen-bond acceptors (Lipinski definition) is 4. The van der Waals surface area contributed by atoms with Crippen LogP contribution in [0.15, 0.2) is 42.5 Å². The highest BCUT2D eigenvalue weighted by Gasteiger charge is 2.11. The molecule has 0 aliphatic carbocycles. The molecule has 0 saturated carbocycles. The molecular weight excluding hydrogens is 296 g/mol. The van der Waals surface area contributed by atoms with Gasteiger partial charge in [0.1, 0.15) is 5.69 Å². The molecule has 0 spiro atoms. The van der Waals surface area contributed by atoms with Gasteiger partial charge in [0.05, 0.1) is 4.92 Å². The highest BCUT2D eigenvalue weighted by Crippen LogP contribution is 2.27. The molecule has 0 unspecified atom stereocenters. The SMILES string of the molecule is Nc1ccc(CSCc2ccccc2Cl)cc1[N+](=O)[O-]. The van der Waals surface area contributed by atoms with Gasteiger partial charge in [-0.25, -0.2) is 0 Å². The topological polar surface area (TPSA) is 69.2 Å². The van der Waals surface area contributed by atoms with Crippen molar-refractivity contribution < 1.29 is 4.92 Å². The quantitative estimate of drug-likeness (QED) is 0.509. The van der Waals surface area contributed by atoms with Crippen molar-refractivity contribution >= 4 is 34.7 Å². The molecule has 0 fully saturated rings. The van der Waals surface area contributed by atoms with Crippen LogP contribution in [0.5, 0.6) is 0 Å². The molecule has 2 aromatic carbocycles. The Morgan fingerprint density at radius 2 is 1.95 bits per heavy atom. The Morgan fingerprint density at radius 3 is 2.65 bits per heavy atom. The van der Waals surface area contributed by atoms with Crippen LogP contribution in [0.1, 0.15) is 11.1 Å². The van der Waals surface area contributed by atoms with E-state index in [4.69, 9.17) is 17.3 Å². The first-order valence-corrected chi connectivity index (χ1v) is 7.45. The van der Waals surface area contributed by atoms with Gasteiger partial charge in [0, 0.05) is 22.6 Å². The van der Waals surface area contributed by atoms with E-state index in [9.17, 15) is 10.1 Å². The van der Waals surface area contributed by atoms with Crippen molar-refractivity contribution in [3.05, 3.63) is 68.7 Å². The predicted octanol–water partition coefficient (Wildman–Crippen LogP) is 4.26. The summed E-state index contributed by atoms with van der Waals surface area (Å²) in [7, 11) is 0. The molecule has 0 aromatic heterocycles. The second-order valence-electron chi connectivity index (χ2n) is 4.23. The average molecular weight is 309 g/mol. The number of anilines is 1. The summed E-state index contributed by atoms with van der Waals surface area (Å²) >= 11 is 7.73. The highest BCUT2D eigenvalue weighted by atomic mass is 35.5. The normalized spacial score (nSPS) is 10.4. The third-order valence-corrected chi connectivity index (χ3v) is 4.20. The lowest BCUT2D eigenvalue weighted by molar-refractivity contribution is -0.383. The van der Waals surface area contributed by atoms with E-state index in [1.165, 1.54) is 6.07 Å². The number of nitrogens with zero attached hydrogens (tertiary/aromatic N) is 1. The van der Waals surface area contributed by atoms with E-state index < -0.39 is 4.92 Å². The van der Waals surface area contributed by atoms with Crippen LogP contribution >= 0.6 is 23.4 Å². The van der Waals surface area contributed by atoms with Gasteiger partial charge < -0.3 is 5.73 Å². The van der Waals surface area contributed by atoms with E-state index in [1.54, 1.807) is 17.8 Å². The Kier molecular flexibility index (Phi) is 4.87. The molecule has 0 amide bonds. The third kappa shape index (κ3) is 3.65. The maximum absolute atomic E-state index is 10.8. The molecule has 0 radical (unpaired) electrons. The smallest absolute Gasteiger partial charge is 0.292 e. The van der Waals surface area contributed by atoms with Crippen molar-refractivity contribution in [2.75, 3.05) is 5.73 Å². The number of nitrogens with two attached hydrogens (primary N) is 1. The molecule has 0 aliphatic heterocycles. The van der Waals surface area contributed by atoms with Crippen LogP contribution in [0.4, 0.5) is 11.4 Å². The molecule has 20 heavy (non-hydrogen) atoms. The first-order chi connectivity index (χ1) is 9.58. The lowest BCUT2D eigenvalue weighted by Crippen LogP contribution is -1.96. The zero-order valence-corrected chi connectivity index (χ0v) is 12.2. The molecule has 2 N–H and O–H groups in total. The van der Waals surface area contributed by atoms with Crippen LogP contribution in [0.3, 0.4) is 0 Å². The molecule has 2 aromatic rings. The molecule has 0 heterocycles. The average Bonchev–Trinajstić information content (AvgIpc) is 2.42. The van der Waals surface area contributed by atoms with Gasteiger partial charge in [-0.3, -0.25) is 10.1 Å². The van der Waals surface area contributed by atoms with Crippen molar-refractivity contribution in [2.24, 2.45) is 0 Å². The molecule has 104 valence electrons. The highest BCUT2D eigenvalue weighted by molar-refractivity contribution is 7.97. The molecule has 6 heteroatoms. The number of benzene rings is 2. The van der Waals surface area contributed by atoms with Crippen LogP contribution in [0, 0.1) is 10.1 Å². The Hall–Kier alpha value is -1.72. The van der Waals surface area contributed by atoms with Crippen LogP contribution < -0.4 is 5.73 Å². The number of thioether (sulfide) groups is 1. The van der Waals surface area contributed by atoms with Crippen LogP contribution in [0.25, 0.3) is 0 Å². The minimum atomic E-state index is -0.461. The van der Waals surface area contributed by atoms with Crippen molar-refractivity contribution in [1.82, 2.24) is 0 Å². The number of nitro benzene ring substituents is 1. The van der Waals surface area contributed by atoms with Crippen LogP contribution in [0.2, 0.25) is 5.02 Å². The van der Waals surface area contributed by atoms with Gasteiger partial charge in [-0.15, -0.1) is 0 Å². The summed E-state index contributed by atoms with van der Waals surface area (Å²) in [6, 6.07) is 12.6. The first-order valence-electron chi connectivity index (χ1n) is 5.92. The van der Waals surface area contributed by atoms with E-state index in [2.05, 4.69) is 0 Å².